The van der Waals surface area contributed by atoms with Gasteiger partial charge >= 0.3 is 0 Å². The molecule has 1 amide bonds. The van der Waals surface area contributed by atoms with E-state index in [4.69, 9.17) is 10.5 Å². The highest BCUT2D eigenvalue weighted by atomic mass is 16.5. The van der Waals surface area contributed by atoms with Gasteiger partial charge < -0.3 is 15.8 Å². The molecule has 0 aliphatic heterocycles. The van der Waals surface area contributed by atoms with E-state index >= 15 is 0 Å². The lowest BCUT2D eigenvalue weighted by Crippen LogP contribution is -2.36. The highest BCUT2D eigenvalue weighted by molar-refractivity contribution is 5.94. The number of hydrogen-bond acceptors (Lipinski definition) is 3. The summed E-state index contributed by atoms with van der Waals surface area (Å²) in [6.45, 7) is 6.39. The Bertz CT molecular complexity index is 391. The minimum absolute atomic E-state index is 0.00375. The molecule has 1 aromatic carbocycles. The zero-order chi connectivity index (χ0) is 13.5. The van der Waals surface area contributed by atoms with Crippen LogP contribution in [0.4, 0.5) is 0 Å². The molecule has 0 saturated carbocycles. The van der Waals surface area contributed by atoms with Crippen molar-refractivity contribution in [3.63, 3.8) is 0 Å². The van der Waals surface area contributed by atoms with Gasteiger partial charge in [-0.15, -0.1) is 0 Å². The SMILES string of the molecule is CCC(N)CNC(=O)c1cccc(OC(C)C)c1. The molecule has 0 aliphatic carbocycles. The van der Waals surface area contributed by atoms with E-state index in [9.17, 15) is 4.79 Å². The van der Waals surface area contributed by atoms with Crippen LogP contribution < -0.4 is 15.8 Å². The number of nitrogens with two attached hydrogens (primary N) is 1. The predicted molar refractivity (Wildman–Crippen MR) is 72.8 cm³/mol. The van der Waals surface area contributed by atoms with E-state index in [1.165, 1.54) is 0 Å². The summed E-state index contributed by atoms with van der Waals surface area (Å²) >= 11 is 0. The molecular weight excluding hydrogens is 228 g/mol. The van der Waals surface area contributed by atoms with Crippen LogP contribution in [0.15, 0.2) is 24.3 Å². The van der Waals surface area contributed by atoms with Gasteiger partial charge in [-0.25, -0.2) is 0 Å². The van der Waals surface area contributed by atoms with Crippen LogP contribution >= 0.6 is 0 Å². The fourth-order valence-corrected chi connectivity index (χ4v) is 1.45. The average Bonchev–Trinajstić information content (AvgIpc) is 2.35. The summed E-state index contributed by atoms with van der Waals surface area (Å²) in [6.07, 6.45) is 0.938. The lowest BCUT2D eigenvalue weighted by molar-refractivity contribution is 0.0950. The number of ether oxygens (including phenoxy) is 1. The Hall–Kier alpha value is -1.55. The molecule has 0 fully saturated rings. The van der Waals surface area contributed by atoms with Crippen molar-refractivity contribution in [2.75, 3.05) is 6.54 Å². The summed E-state index contributed by atoms with van der Waals surface area (Å²) < 4.78 is 5.55. The third kappa shape index (κ3) is 4.75. The fourth-order valence-electron chi connectivity index (χ4n) is 1.45. The number of nitrogens with one attached hydrogen (secondary N) is 1. The van der Waals surface area contributed by atoms with E-state index in [-0.39, 0.29) is 18.1 Å². The second kappa shape index (κ2) is 7.01. The maximum Gasteiger partial charge on any atom is 0.251 e. The number of rotatable bonds is 6. The van der Waals surface area contributed by atoms with E-state index in [1.807, 2.05) is 32.9 Å². The molecule has 18 heavy (non-hydrogen) atoms. The lowest BCUT2D eigenvalue weighted by Gasteiger charge is -2.12. The van der Waals surface area contributed by atoms with Gasteiger partial charge in [0.05, 0.1) is 6.10 Å². The highest BCUT2D eigenvalue weighted by Gasteiger charge is 2.08. The second-order valence-electron chi connectivity index (χ2n) is 4.57. The van der Waals surface area contributed by atoms with E-state index in [0.717, 1.165) is 6.42 Å². The van der Waals surface area contributed by atoms with Gasteiger partial charge in [0.1, 0.15) is 5.75 Å². The molecule has 0 saturated heterocycles. The maximum atomic E-state index is 11.9. The standard InChI is InChI=1S/C14H22N2O2/c1-4-12(15)9-16-14(17)11-6-5-7-13(8-11)18-10(2)3/h5-8,10,12H,4,9,15H2,1-3H3,(H,16,17). The summed E-state index contributed by atoms with van der Waals surface area (Å²) in [7, 11) is 0. The van der Waals surface area contributed by atoms with Gasteiger partial charge in [-0.1, -0.05) is 13.0 Å². The van der Waals surface area contributed by atoms with Crippen LogP contribution in [0.25, 0.3) is 0 Å². The number of benzene rings is 1. The predicted octanol–water partition coefficient (Wildman–Crippen LogP) is 1.94. The zero-order valence-electron chi connectivity index (χ0n) is 11.3. The third-order valence-electron chi connectivity index (χ3n) is 2.52. The van der Waals surface area contributed by atoms with Crippen molar-refractivity contribution in [1.29, 1.82) is 0 Å². The second-order valence-corrected chi connectivity index (χ2v) is 4.57. The summed E-state index contributed by atoms with van der Waals surface area (Å²) in [6, 6.07) is 7.16. The topological polar surface area (TPSA) is 64.3 Å². The Kier molecular flexibility index (Phi) is 5.65. The van der Waals surface area contributed by atoms with Crippen LogP contribution in [0, 0.1) is 0 Å². The first-order valence-electron chi connectivity index (χ1n) is 6.33. The van der Waals surface area contributed by atoms with E-state index in [1.54, 1.807) is 12.1 Å². The minimum atomic E-state index is -0.117. The number of carbonyl (C=O) groups excluding carboxylic acids is 1. The zero-order valence-corrected chi connectivity index (χ0v) is 11.3. The van der Waals surface area contributed by atoms with Gasteiger partial charge in [-0.05, 0) is 38.5 Å². The van der Waals surface area contributed by atoms with E-state index in [2.05, 4.69) is 5.32 Å². The van der Waals surface area contributed by atoms with E-state index < -0.39 is 0 Å². The molecule has 100 valence electrons. The Morgan fingerprint density at radius 3 is 2.78 bits per heavy atom. The first kappa shape index (κ1) is 14.5. The average molecular weight is 250 g/mol. The van der Waals surface area contributed by atoms with Crippen LogP contribution in [-0.4, -0.2) is 24.6 Å². The van der Waals surface area contributed by atoms with Gasteiger partial charge in [0.15, 0.2) is 0 Å². The highest BCUT2D eigenvalue weighted by Crippen LogP contribution is 2.14. The smallest absolute Gasteiger partial charge is 0.251 e. The molecule has 1 unspecified atom stereocenters. The molecule has 0 bridgehead atoms. The molecule has 0 spiro atoms. The molecule has 3 N–H and O–H groups in total. The van der Waals surface area contributed by atoms with Crippen LogP contribution in [0.5, 0.6) is 5.75 Å². The first-order valence-corrected chi connectivity index (χ1v) is 6.33. The molecule has 0 radical (unpaired) electrons. The van der Waals surface area contributed by atoms with Crippen molar-refractivity contribution in [2.45, 2.75) is 39.3 Å². The van der Waals surface area contributed by atoms with Crippen LogP contribution in [0.2, 0.25) is 0 Å². The summed E-state index contributed by atoms with van der Waals surface area (Å²) in [5.74, 6) is 0.588. The maximum absolute atomic E-state index is 11.9. The largest absolute Gasteiger partial charge is 0.491 e. The van der Waals surface area contributed by atoms with Crippen molar-refractivity contribution >= 4 is 5.91 Å². The van der Waals surface area contributed by atoms with Gasteiger partial charge in [0.2, 0.25) is 0 Å². The van der Waals surface area contributed by atoms with Gasteiger partial charge in [0, 0.05) is 18.2 Å². The third-order valence-corrected chi connectivity index (χ3v) is 2.52. The lowest BCUT2D eigenvalue weighted by atomic mass is 10.2. The van der Waals surface area contributed by atoms with Crippen LogP contribution in [-0.2, 0) is 0 Å². The van der Waals surface area contributed by atoms with Crippen LogP contribution in [0.3, 0.4) is 0 Å². The van der Waals surface area contributed by atoms with E-state index in [0.29, 0.717) is 17.9 Å². The summed E-state index contributed by atoms with van der Waals surface area (Å²) in [5.41, 5.74) is 6.35. The fraction of sp³-hybridized carbons (Fsp3) is 0.500. The van der Waals surface area contributed by atoms with Crippen molar-refractivity contribution < 1.29 is 9.53 Å². The van der Waals surface area contributed by atoms with Gasteiger partial charge in [-0.3, -0.25) is 4.79 Å². The van der Waals surface area contributed by atoms with Crippen molar-refractivity contribution in [2.24, 2.45) is 5.73 Å². The Labute approximate surface area is 109 Å². The molecule has 0 heterocycles. The van der Waals surface area contributed by atoms with Crippen molar-refractivity contribution in [3.8, 4) is 5.75 Å². The molecule has 4 heteroatoms. The molecular formula is C14H22N2O2. The molecule has 0 aromatic heterocycles. The monoisotopic (exact) mass is 250 g/mol. The Morgan fingerprint density at radius 1 is 1.44 bits per heavy atom. The van der Waals surface area contributed by atoms with Gasteiger partial charge in [-0.2, -0.15) is 0 Å². The number of hydrogen-bond donors (Lipinski definition) is 2. The minimum Gasteiger partial charge on any atom is -0.491 e. The molecule has 4 nitrogen and oxygen atoms in total. The molecule has 1 atom stereocenters. The van der Waals surface area contributed by atoms with Gasteiger partial charge in [0.25, 0.3) is 5.91 Å². The summed E-state index contributed by atoms with van der Waals surface area (Å²) in [4.78, 5) is 11.9. The van der Waals surface area contributed by atoms with Crippen LogP contribution in [0.1, 0.15) is 37.6 Å². The van der Waals surface area contributed by atoms with Crippen molar-refractivity contribution in [3.05, 3.63) is 29.8 Å². The Balaban J connectivity index is 2.62. The summed E-state index contributed by atoms with van der Waals surface area (Å²) in [5, 5.41) is 2.81. The van der Waals surface area contributed by atoms with Crippen molar-refractivity contribution in [1.82, 2.24) is 5.32 Å². The normalized spacial score (nSPS) is 12.3. The first-order chi connectivity index (χ1) is 8.52. The molecule has 1 aromatic rings. The Morgan fingerprint density at radius 2 is 2.17 bits per heavy atom. The quantitative estimate of drug-likeness (QED) is 0.811. The molecule has 0 aliphatic rings. The molecule has 1 rings (SSSR count). The number of carbonyl (C=O) groups is 1. The number of amides is 1.